The maximum Gasteiger partial charge on any atom is 0.125 e. The highest BCUT2D eigenvalue weighted by molar-refractivity contribution is 7.20. The lowest BCUT2D eigenvalue weighted by Crippen LogP contribution is -1.98. The minimum Gasteiger partial charge on any atom is -0.378 e. The summed E-state index contributed by atoms with van der Waals surface area (Å²) in [6.45, 7) is 2.96. The minimum absolute atomic E-state index is 0.763. The predicted molar refractivity (Wildman–Crippen MR) is 88.1 cm³/mol. The highest BCUT2D eigenvalue weighted by Crippen LogP contribution is 2.38. The fraction of sp³-hybridized carbons (Fsp3) is 0.286. The Morgan fingerprint density at radius 3 is 3.05 bits per heavy atom. The molecule has 104 valence electrons. The van der Waals surface area contributed by atoms with Crippen LogP contribution in [-0.2, 0) is 13.0 Å². The maximum absolute atomic E-state index is 6.39. The summed E-state index contributed by atoms with van der Waals surface area (Å²) in [5.74, 6) is 0. The zero-order valence-corrected chi connectivity index (χ0v) is 13.4. The number of thiophene rings is 2. The van der Waals surface area contributed by atoms with Crippen molar-refractivity contribution in [3.63, 3.8) is 0 Å². The van der Waals surface area contributed by atoms with Crippen LogP contribution in [0.25, 0.3) is 10.2 Å². The smallest absolute Gasteiger partial charge is 0.125 e. The molecule has 3 heterocycles. The van der Waals surface area contributed by atoms with Crippen molar-refractivity contribution < 1.29 is 0 Å². The Morgan fingerprint density at radius 2 is 2.30 bits per heavy atom. The Morgan fingerprint density at radius 1 is 1.40 bits per heavy atom. The Hall–Kier alpha value is -1.17. The third-order valence-corrected chi connectivity index (χ3v) is 5.66. The van der Waals surface area contributed by atoms with Crippen LogP contribution in [-0.4, -0.2) is 10.2 Å². The lowest BCUT2D eigenvalue weighted by molar-refractivity contribution is 0.940. The van der Waals surface area contributed by atoms with E-state index in [-0.39, 0.29) is 0 Å². The summed E-state index contributed by atoms with van der Waals surface area (Å²) in [5, 5.41) is 14.5. The van der Waals surface area contributed by atoms with Gasteiger partial charge in [-0.3, -0.25) is 0 Å². The Kier molecular flexibility index (Phi) is 4.19. The molecule has 0 spiro atoms. The number of halogens is 1. The zero-order chi connectivity index (χ0) is 13.9. The summed E-state index contributed by atoms with van der Waals surface area (Å²) in [6, 6.07) is 4.18. The molecule has 20 heavy (non-hydrogen) atoms. The van der Waals surface area contributed by atoms with Gasteiger partial charge in [-0.15, -0.1) is 27.8 Å². The van der Waals surface area contributed by atoms with Gasteiger partial charge in [-0.05, 0) is 17.9 Å². The van der Waals surface area contributed by atoms with E-state index in [9.17, 15) is 0 Å². The Bertz CT molecular complexity index is 707. The van der Waals surface area contributed by atoms with Crippen molar-refractivity contribution in [1.82, 2.24) is 10.2 Å². The molecule has 6 heteroatoms. The normalized spacial score (nSPS) is 11.1. The van der Waals surface area contributed by atoms with Crippen LogP contribution in [0.5, 0.6) is 0 Å². The molecule has 3 aromatic rings. The van der Waals surface area contributed by atoms with Crippen molar-refractivity contribution in [2.24, 2.45) is 0 Å². The first-order valence-corrected chi connectivity index (χ1v) is 8.55. The van der Waals surface area contributed by atoms with Crippen LogP contribution in [0.1, 0.15) is 23.1 Å². The highest BCUT2D eigenvalue weighted by Gasteiger charge is 2.14. The van der Waals surface area contributed by atoms with Gasteiger partial charge < -0.3 is 5.32 Å². The molecule has 3 aromatic heterocycles. The number of rotatable bonds is 5. The van der Waals surface area contributed by atoms with E-state index in [0.717, 1.165) is 40.3 Å². The number of aryl methyl sites for hydroxylation is 1. The lowest BCUT2D eigenvalue weighted by Gasteiger charge is -2.04. The molecule has 0 aliphatic rings. The molecule has 0 aliphatic heterocycles. The molecule has 0 radical (unpaired) electrons. The zero-order valence-electron chi connectivity index (χ0n) is 11.0. The maximum atomic E-state index is 6.39. The van der Waals surface area contributed by atoms with Crippen molar-refractivity contribution in [3.05, 3.63) is 38.5 Å². The Labute approximate surface area is 130 Å². The number of fused-ring (bicyclic) bond motifs is 1. The molecule has 0 saturated heterocycles. The van der Waals surface area contributed by atoms with Crippen LogP contribution >= 0.6 is 34.3 Å². The van der Waals surface area contributed by atoms with Crippen molar-refractivity contribution in [3.8, 4) is 0 Å². The van der Waals surface area contributed by atoms with E-state index in [0.29, 0.717) is 0 Å². The van der Waals surface area contributed by atoms with E-state index in [2.05, 4.69) is 40.0 Å². The molecule has 0 unspecified atom stereocenters. The van der Waals surface area contributed by atoms with E-state index >= 15 is 0 Å². The second-order valence-electron chi connectivity index (χ2n) is 4.46. The van der Waals surface area contributed by atoms with Crippen LogP contribution < -0.4 is 5.32 Å². The fourth-order valence-corrected chi connectivity index (χ4v) is 4.29. The first kappa shape index (κ1) is 13.8. The van der Waals surface area contributed by atoms with Gasteiger partial charge in [0.15, 0.2) is 0 Å². The first-order valence-electron chi connectivity index (χ1n) is 6.48. The van der Waals surface area contributed by atoms with Gasteiger partial charge >= 0.3 is 0 Å². The molecule has 0 saturated carbocycles. The largest absolute Gasteiger partial charge is 0.378 e. The molecule has 0 bridgehead atoms. The van der Waals surface area contributed by atoms with Crippen LogP contribution in [0.3, 0.4) is 0 Å². The number of nitrogens with one attached hydrogen (secondary N) is 1. The average Bonchev–Trinajstić information content (AvgIpc) is 3.07. The predicted octanol–water partition coefficient (Wildman–Crippen LogP) is 4.97. The molecule has 0 aliphatic carbocycles. The summed E-state index contributed by atoms with van der Waals surface area (Å²) in [4.78, 5) is 2.50. The van der Waals surface area contributed by atoms with Gasteiger partial charge in [0.1, 0.15) is 5.52 Å². The number of aromatic nitrogens is 2. The van der Waals surface area contributed by atoms with Gasteiger partial charge in [0.2, 0.25) is 0 Å². The number of anilines is 1. The van der Waals surface area contributed by atoms with E-state index < -0.39 is 0 Å². The summed E-state index contributed by atoms with van der Waals surface area (Å²) >= 11 is 9.85. The molecule has 3 nitrogen and oxygen atoms in total. The molecular weight excluding hydrogens is 310 g/mol. The van der Waals surface area contributed by atoms with Crippen molar-refractivity contribution in [2.75, 3.05) is 5.32 Å². The summed E-state index contributed by atoms with van der Waals surface area (Å²) in [6.07, 6.45) is 3.85. The SMILES string of the molecule is CCCc1sc2c(NCc3cccs3)cnnc2c1Cl. The van der Waals surface area contributed by atoms with Crippen molar-refractivity contribution >= 4 is 50.2 Å². The molecule has 0 atom stereocenters. The van der Waals surface area contributed by atoms with E-state index in [1.54, 1.807) is 28.9 Å². The van der Waals surface area contributed by atoms with Gasteiger partial charge in [-0.1, -0.05) is 31.0 Å². The molecule has 0 fully saturated rings. The van der Waals surface area contributed by atoms with Crippen molar-refractivity contribution in [2.45, 2.75) is 26.3 Å². The number of nitrogens with zero attached hydrogens (tertiary/aromatic N) is 2. The molecule has 0 amide bonds. The average molecular weight is 324 g/mol. The van der Waals surface area contributed by atoms with Crippen molar-refractivity contribution in [1.29, 1.82) is 0 Å². The van der Waals surface area contributed by atoms with Crippen LogP contribution in [0.15, 0.2) is 23.7 Å². The standard InChI is InChI=1S/C14H14ClN3S2/c1-2-4-11-12(15)13-14(20-11)10(8-17-18-13)16-7-9-5-3-6-19-9/h3,5-6,8H,2,4,7H2,1H3,(H,16,18). The van der Waals surface area contributed by atoms with Crippen LogP contribution in [0, 0.1) is 0 Å². The van der Waals surface area contributed by atoms with Gasteiger partial charge in [0.25, 0.3) is 0 Å². The third-order valence-electron chi connectivity index (χ3n) is 2.99. The lowest BCUT2D eigenvalue weighted by atomic mass is 10.3. The van der Waals surface area contributed by atoms with E-state index in [1.165, 1.54) is 9.75 Å². The highest BCUT2D eigenvalue weighted by atomic mass is 35.5. The summed E-state index contributed by atoms with van der Waals surface area (Å²) in [5.41, 5.74) is 1.83. The molecule has 0 aromatic carbocycles. The second kappa shape index (κ2) is 6.08. The first-order chi connectivity index (χ1) is 9.79. The monoisotopic (exact) mass is 323 g/mol. The van der Waals surface area contributed by atoms with Gasteiger partial charge in [0.05, 0.1) is 21.6 Å². The van der Waals surface area contributed by atoms with Crippen LogP contribution in [0.4, 0.5) is 5.69 Å². The minimum atomic E-state index is 0.763. The summed E-state index contributed by atoms with van der Waals surface area (Å²) < 4.78 is 1.10. The van der Waals surface area contributed by atoms with E-state index in [4.69, 9.17) is 11.6 Å². The second-order valence-corrected chi connectivity index (χ2v) is 6.97. The van der Waals surface area contributed by atoms with Gasteiger partial charge in [0, 0.05) is 16.3 Å². The Balaban J connectivity index is 1.92. The fourth-order valence-electron chi connectivity index (χ4n) is 2.03. The molecule has 1 N–H and O–H groups in total. The number of hydrogen-bond donors (Lipinski definition) is 1. The van der Waals surface area contributed by atoms with Gasteiger partial charge in [-0.2, -0.15) is 5.10 Å². The van der Waals surface area contributed by atoms with E-state index in [1.807, 2.05) is 0 Å². The summed E-state index contributed by atoms with van der Waals surface area (Å²) in [7, 11) is 0. The third kappa shape index (κ3) is 2.66. The number of hydrogen-bond acceptors (Lipinski definition) is 5. The van der Waals surface area contributed by atoms with Crippen LogP contribution in [0.2, 0.25) is 5.02 Å². The molecule has 3 rings (SSSR count). The van der Waals surface area contributed by atoms with Gasteiger partial charge in [-0.25, -0.2) is 0 Å². The topological polar surface area (TPSA) is 37.8 Å². The molecular formula is C14H14ClN3S2. The quantitative estimate of drug-likeness (QED) is 0.720.